The van der Waals surface area contributed by atoms with Crippen molar-refractivity contribution in [1.29, 1.82) is 0 Å². The first-order valence-corrected chi connectivity index (χ1v) is 6.74. The highest BCUT2D eigenvalue weighted by Crippen LogP contribution is 2.38. The van der Waals surface area contributed by atoms with Gasteiger partial charge in [-0.15, -0.1) is 0 Å². The van der Waals surface area contributed by atoms with Gasteiger partial charge in [0.05, 0.1) is 16.9 Å². The summed E-state index contributed by atoms with van der Waals surface area (Å²) in [5.74, 6) is 0.836. The highest BCUT2D eigenvalue weighted by atomic mass is 16.2. The first-order valence-electron chi connectivity index (χ1n) is 6.74. The van der Waals surface area contributed by atoms with E-state index < -0.39 is 0 Å². The van der Waals surface area contributed by atoms with E-state index in [1.165, 1.54) is 0 Å². The molecule has 0 spiro atoms. The first kappa shape index (κ1) is 12.7. The van der Waals surface area contributed by atoms with Crippen molar-refractivity contribution in [3.8, 4) is 0 Å². The molecule has 0 radical (unpaired) electrons. The van der Waals surface area contributed by atoms with Gasteiger partial charge in [-0.05, 0) is 38.1 Å². The summed E-state index contributed by atoms with van der Waals surface area (Å²) in [5.41, 5.74) is 3.58. The standard InChI is InChI=1S/C16H17N3O/c1-4-19-13-8-7-11(2)10-12(13)16(20)18(3)14-6-5-9-17-15(14)19/h5-10H,4H2,1-3H3. The number of nitrogens with zero attached hydrogens (tertiary/aromatic N) is 3. The minimum Gasteiger partial charge on any atom is -0.324 e. The van der Waals surface area contributed by atoms with Crippen LogP contribution in [0.15, 0.2) is 36.5 Å². The predicted octanol–water partition coefficient (Wildman–Crippen LogP) is 3.14. The average molecular weight is 267 g/mol. The van der Waals surface area contributed by atoms with Crippen molar-refractivity contribution in [3.63, 3.8) is 0 Å². The van der Waals surface area contributed by atoms with Crippen molar-refractivity contribution in [1.82, 2.24) is 4.98 Å². The van der Waals surface area contributed by atoms with Crippen LogP contribution in [0, 0.1) is 6.92 Å². The van der Waals surface area contributed by atoms with Gasteiger partial charge in [-0.2, -0.15) is 0 Å². The second-order valence-corrected chi connectivity index (χ2v) is 4.98. The topological polar surface area (TPSA) is 36.4 Å². The van der Waals surface area contributed by atoms with Crippen LogP contribution in [0.5, 0.6) is 0 Å². The largest absolute Gasteiger partial charge is 0.324 e. The number of pyridine rings is 1. The molecule has 20 heavy (non-hydrogen) atoms. The third-order valence-electron chi connectivity index (χ3n) is 3.68. The number of hydrogen-bond acceptors (Lipinski definition) is 3. The van der Waals surface area contributed by atoms with Crippen LogP contribution in [-0.4, -0.2) is 24.5 Å². The van der Waals surface area contributed by atoms with E-state index in [0.717, 1.165) is 34.9 Å². The fourth-order valence-electron chi connectivity index (χ4n) is 2.64. The van der Waals surface area contributed by atoms with Gasteiger partial charge < -0.3 is 9.80 Å². The van der Waals surface area contributed by atoms with Crippen LogP contribution in [0.25, 0.3) is 0 Å². The quantitative estimate of drug-likeness (QED) is 0.796. The molecule has 1 aliphatic heterocycles. The summed E-state index contributed by atoms with van der Waals surface area (Å²) >= 11 is 0. The molecule has 102 valence electrons. The average Bonchev–Trinajstić information content (AvgIpc) is 2.55. The number of hydrogen-bond donors (Lipinski definition) is 0. The number of carbonyl (C=O) groups excluding carboxylic acids is 1. The number of carbonyl (C=O) groups is 1. The fraction of sp³-hybridized carbons (Fsp3) is 0.250. The van der Waals surface area contributed by atoms with E-state index in [0.29, 0.717) is 0 Å². The normalized spacial score (nSPS) is 13.8. The van der Waals surface area contributed by atoms with Crippen molar-refractivity contribution in [2.45, 2.75) is 13.8 Å². The minimum atomic E-state index is 0.00824. The van der Waals surface area contributed by atoms with Crippen molar-refractivity contribution in [2.24, 2.45) is 0 Å². The lowest BCUT2D eigenvalue weighted by atomic mass is 10.1. The molecule has 0 fully saturated rings. The zero-order valence-corrected chi connectivity index (χ0v) is 11.9. The Morgan fingerprint density at radius 3 is 2.75 bits per heavy atom. The monoisotopic (exact) mass is 267 g/mol. The van der Waals surface area contributed by atoms with Crippen molar-refractivity contribution < 1.29 is 4.79 Å². The summed E-state index contributed by atoms with van der Waals surface area (Å²) in [6.07, 6.45) is 1.76. The number of anilines is 3. The number of benzene rings is 1. The maximum Gasteiger partial charge on any atom is 0.260 e. The summed E-state index contributed by atoms with van der Waals surface area (Å²) in [7, 11) is 1.80. The maximum absolute atomic E-state index is 12.7. The van der Waals surface area contributed by atoms with Gasteiger partial charge in [-0.3, -0.25) is 4.79 Å². The highest BCUT2D eigenvalue weighted by molar-refractivity contribution is 6.13. The van der Waals surface area contributed by atoms with E-state index in [-0.39, 0.29) is 5.91 Å². The predicted molar refractivity (Wildman–Crippen MR) is 80.8 cm³/mol. The molecule has 4 heteroatoms. The van der Waals surface area contributed by atoms with Crippen molar-refractivity contribution >= 4 is 23.1 Å². The molecular formula is C16H17N3O. The van der Waals surface area contributed by atoms with E-state index >= 15 is 0 Å². The molecule has 0 saturated carbocycles. The molecule has 2 aromatic rings. The van der Waals surface area contributed by atoms with Crippen LogP contribution in [-0.2, 0) is 0 Å². The third-order valence-corrected chi connectivity index (χ3v) is 3.68. The lowest BCUT2D eigenvalue weighted by Gasteiger charge is -2.23. The zero-order chi connectivity index (χ0) is 14.3. The van der Waals surface area contributed by atoms with Crippen molar-refractivity contribution in [2.75, 3.05) is 23.4 Å². The lowest BCUT2D eigenvalue weighted by molar-refractivity contribution is 0.0994. The summed E-state index contributed by atoms with van der Waals surface area (Å²) in [6.45, 7) is 4.83. The number of aryl methyl sites for hydroxylation is 1. The van der Waals surface area contributed by atoms with E-state index in [1.54, 1.807) is 18.1 Å². The minimum absolute atomic E-state index is 0.00824. The number of aromatic nitrogens is 1. The zero-order valence-electron chi connectivity index (χ0n) is 11.9. The van der Waals surface area contributed by atoms with Gasteiger partial charge in [0.1, 0.15) is 0 Å². The van der Waals surface area contributed by atoms with E-state index in [9.17, 15) is 4.79 Å². The molecule has 0 aliphatic carbocycles. The van der Waals surface area contributed by atoms with Crippen molar-refractivity contribution in [3.05, 3.63) is 47.7 Å². The maximum atomic E-state index is 12.7. The van der Waals surface area contributed by atoms with Gasteiger partial charge in [-0.25, -0.2) is 4.98 Å². The van der Waals surface area contributed by atoms with E-state index in [4.69, 9.17) is 0 Å². The molecule has 0 saturated heterocycles. The summed E-state index contributed by atoms with van der Waals surface area (Å²) in [4.78, 5) is 20.9. The molecule has 1 aromatic heterocycles. The molecule has 0 unspecified atom stereocenters. The van der Waals surface area contributed by atoms with Gasteiger partial charge in [0.2, 0.25) is 0 Å². The van der Waals surface area contributed by atoms with E-state index in [1.807, 2.05) is 37.3 Å². The molecule has 1 aromatic carbocycles. The van der Waals surface area contributed by atoms with Crippen LogP contribution in [0.4, 0.5) is 17.2 Å². The van der Waals surface area contributed by atoms with E-state index in [2.05, 4.69) is 16.8 Å². The van der Waals surface area contributed by atoms with Crippen LogP contribution in [0.3, 0.4) is 0 Å². The van der Waals surface area contributed by atoms with Gasteiger partial charge >= 0.3 is 0 Å². The fourth-order valence-corrected chi connectivity index (χ4v) is 2.64. The Labute approximate surface area is 118 Å². The molecule has 0 atom stereocenters. The molecular weight excluding hydrogens is 250 g/mol. The van der Waals surface area contributed by atoms with Gasteiger partial charge in [0.15, 0.2) is 5.82 Å². The van der Waals surface area contributed by atoms with Crippen LogP contribution in [0.2, 0.25) is 0 Å². The van der Waals surface area contributed by atoms with Crippen LogP contribution >= 0.6 is 0 Å². The van der Waals surface area contributed by atoms with Gasteiger partial charge in [-0.1, -0.05) is 11.6 Å². The first-order chi connectivity index (χ1) is 9.63. The second-order valence-electron chi connectivity index (χ2n) is 4.98. The molecule has 1 aliphatic rings. The SMILES string of the molecule is CCN1c2ccc(C)cc2C(=O)N(C)c2cccnc21. The lowest BCUT2D eigenvalue weighted by Crippen LogP contribution is -2.25. The Hall–Kier alpha value is -2.36. The molecule has 3 rings (SSSR count). The Bertz CT molecular complexity index is 681. The third kappa shape index (κ3) is 1.76. The smallest absolute Gasteiger partial charge is 0.260 e. The summed E-state index contributed by atoms with van der Waals surface area (Å²) in [5, 5.41) is 0. The molecule has 0 bridgehead atoms. The number of rotatable bonds is 1. The Morgan fingerprint density at radius 1 is 1.20 bits per heavy atom. The van der Waals surface area contributed by atoms with Crippen LogP contribution in [0.1, 0.15) is 22.8 Å². The highest BCUT2D eigenvalue weighted by Gasteiger charge is 2.28. The van der Waals surface area contributed by atoms with Gasteiger partial charge in [0.25, 0.3) is 5.91 Å². The Kier molecular flexibility index (Phi) is 2.93. The number of amides is 1. The number of fused-ring (bicyclic) bond motifs is 2. The second kappa shape index (κ2) is 4.63. The summed E-state index contributed by atoms with van der Waals surface area (Å²) < 4.78 is 0. The Balaban J connectivity index is 2.31. The molecule has 1 amide bonds. The Morgan fingerprint density at radius 2 is 2.00 bits per heavy atom. The molecule has 2 heterocycles. The van der Waals surface area contributed by atoms with Crippen LogP contribution < -0.4 is 9.80 Å². The molecule has 0 N–H and O–H groups in total. The molecule has 4 nitrogen and oxygen atoms in total. The summed E-state index contributed by atoms with van der Waals surface area (Å²) in [6, 6.07) is 9.77. The van der Waals surface area contributed by atoms with Gasteiger partial charge in [0, 0.05) is 19.8 Å².